The minimum atomic E-state index is -0.325. The Hall–Kier alpha value is -1.62. The van der Waals surface area contributed by atoms with Crippen LogP contribution in [0.1, 0.15) is 40.9 Å². The summed E-state index contributed by atoms with van der Waals surface area (Å²) in [4.78, 5) is 26.8. The highest BCUT2D eigenvalue weighted by Crippen LogP contribution is 2.40. The first-order valence-electron chi connectivity index (χ1n) is 6.95. The number of aromatic amines is 1. The Balaban J connectivity index is 2.08. The molecule has 0 bridgehead atoms. The minimum Gasteiger partial charge on any atom is -0.384 e. The van der Waals surface area contributed by atoms with Gasteiger partial charge >= 0.3 is 0 Å². The lowest BCUT2D eigenvalue weighted by Crippen LogP contribution is -2.46. The Labute approximate surface area is 118 Å². The van der Waals surface area contributed by atoms with Gasteiger partial charge in [0.15, 0.2) is 0 Å². The molecule has 0 radical (unpaired) electrons. The lowest BCUT2D eigenvalue weighted by atomic mass is 9.69. The summed E-state index contributed by atoms with van der Waals surface area (Å²) in [6.45, 7) is 4.80. The third-order valence-corrected chi connectivity index (χ3v) is 4.08. The van der Waals surface area contributed by atoms with E-state index < -0.39 is 0 Å². The maximum Gasteiger partial charge on any atom is 0.261 e. The van der Waals surface area contributed by atoms with Gasteiger partial charge in [-0.05, 0) is 38.3 Å². The molecule has 1 aliphatic carbocycles. The zero-order valence-electron chi connectivity index (χ0n) is 12.3. The molecule has 0 saturated heterocycles. The van der Waals surface area contributed by atoms with Crippen molar-refractivity contribution in [1.82, 2.24) is 10.3 Å². The van der Waals surface area contributed by atoms with Gasteiger partial charge in [-0.15, -0.1) is 0 Å². The number of hydrogen-bond donors (Lipinski definition) is 2. The summed E-state index contributed by atoms with van der Waals surface area (Å²) < 4.78 is 5.23. The van der Waals surface area contributed by atoms with Crippen LogP contribution in [0.25, 0.3) is 0 Å². The van der Waals surface area contributed by atoms with Crippen molar-refractivity contribution in [2.45, 2.75) is 33.1 Å². The number of hydrogen-bond acceptors (Lipinski definition) is 3. The van der Waals surface area contributed by atoms with E-state index in [1.807, 2.05) is 6.07 Å². The predicted molar refractivity (Wildman–Crippen MR) is 77.0 cm³/mol. The topological polar surface area (TPSA) is 71.2 Å². The highest BCUT2D eigenvalue weighted by Gasteiger charge is 2.37. The standard InChI is InChI=1S/C15H22N2O3/c1-10-7-11(2)17-14(19)12(10)13(18)16-8-15(9-20-3)5-4-6-15/h7H,4-6,8-9H2,1-3H3,(H,16,18)(H,17,19). The molecule has 0 unspecified atom stereocenters. The van der Waals surface area contributed by atoms with Crippen LogP contribution >= 0.6 is 0 Å². The molecule has 0 aromatic carbocycles. The van der Waals surface area contributed by atoms with Gasteiger partial charge in [-0.3, -0.25) is 9.59 Å². The molecule has 1 aromatic heterocycles. The van der Waals surface area contributed by atoms with E-state index in [0.717, 1.165) is 18.5 Å². The Morgan fingerprint density at radius 2 is 2.15 bits per heavy atom. The van der Waals surface area contributed by atoms with E-state index in [9.17, 15) is 9.59 Å². The second kappa shape index (κ2) is 5.79. The van der Waals surface area contributed by atoms with Crippen molar-refractivity contribution in [3.63, 3.8) is 0 Å². The van der Waals surface area contributed by atoms with Gasteiger partial charge in [0.05, 0.1) is 6.61 Å². The fourth-order valence-electron chi connectivity index (χ4n) is 2.85. The van der Waals surface area contributed by atoms with Crippen molar-refractivity contribution in [3.05, 3.63) is 33.2 Å². The van der Waals surface area contributed by atoms with E-state index in [-0.39, 0.29) is 22.4 Å². The largest absolute Gasteiger partial charge is 0.384 e. The first kappa shape index (κ1) is 14.8. The van der Waals surface area contributed by atoms with E-state index in [2.05, 4.69) is 10.3 Å². The van der Waals surface area contributed by atoms with Gasteiger partial charge in [-0.25, -0.2) is 0 Å². The van der Waals surface area contributed by atoms with Gasteiger partial charge < -0.3 is 15.0 Å². The van der Waals surface area contributed by atoms with Gasteiger partial charge in [0.2, 0.25) is 0 Å². The predicted octanol–water partition coefficient (Wildman–Crippen LogP) is 1.54. The molecule has 2 N–H and O–H groups in total. The summed E-state index contributed by atoms with van der Waals surface area (Å²) in [5.41, 5.74) is 1.41. The number of H-pyrrole nitrogens is 1. The Kier molecular flexibility index (Phi) is 4.28. The Morgan fingerprint density at radius 1 is 1.45 bits per heavy atom. The SMILES string of the molecule is COCC1(CNC(=O)c2c(C)cc(C)[nH]c2=O)CCC1. The molecule has 110 valence electrons. The molecule has 5 heteroatoms. The van der Waals surface area contributed by atoms with Gasteiger partial charge in [-0.1, -0.05) is 6.42 Å². The van der Waals surface area contributed by atoms with Crippen molar-refractivity contribution in [2.24, 2.45) is 5.41 Å². The molecule has 20 heavy (non-hydrogen) atoms. The average molecular weight is 278 g/mol. The number of aromatic nitrogens is 1. The number of amides is 1. The second-order valence-electron chi connectivity index (χ2n) is 5.81. The number of pyridine rings is 1. The number of methoxy groups -OCH3 is 1. The van der Waals surface area contributed by atoms with Gasteiger partial charge in [0.1, 0.15) is 5.56 Å². The maximum absolute atomic E-state index is 12.2. The smallest absolute Gasteiger partial charge is 0.261 e. The molecule has 1 aliphatic rings. The van der Waals surface area contributed by atoms with Crippen LogP contribution in [-0.2, 0) is 4.74 Å². The highest BCUT2D eigenvalue weighted by molar-refractivity contribution is 5.95. The number of aryl methyl sites for hydroxylation is 2. The third-order valence-electron chi connectivity index (χ3n) is 4.08. The third kappa shape index (κ3) is 2.93. The Morgan fingerprint density at radius 3 is 2.65 bits per heavy atom. The quantitative estimate of drug-likeness (QED) is 0.858. The van der Waals surface area contributed by atoms with Crippen LogP contribution in [0.4, 0.5) is 0 Å². The fourth-order valence-corrected chi connectivity index (χ4v) is 2.85. The normalized spacial score (nSPS) is 16.6. The van der Waals surface area contributed by atoms with Crippen LogP contribution in [0.2, 0.25) is 0 Å². The van der Waals surface area contributed by atoms with E-state index in [1.54, 1.807) is 21.0 Å². The minimum absolute atomic E-state index is 0.0514. The van der Waals surface area contributed by atoms with Crippen molar-refractivity contribution >= 4 is 5.91 Å². The van der Waals surface area contributed by atoms with Crippen molar-refractivity contribution in [2.75, 3.05) is 20.3 Å². The van der Waals surface area contributed by atoms with E-state index in [1.165, 1.54) is 6.42 Å². The van der Waals surface area contributed by atoms with E-state index >= 15 is 0 Å². The molecule has 5 nitrogen and oxygen atoms in total. The molecule has 1 fully saturated rings. The second-order valence-corrected chi connectivity index (χ2v) is 5.81. The highest BCUT2D eigenvalue weighted by atomic mass is 16.5. The molecule has 0 atom stereocenters. The maximum atomic E-state index is 12.2. The zero-order chi connectivity index (χ0) is 14.8. The van der Waals surface area contributed by atoms with Crippen molar-refractivity contribution < 1.29 is 9.53 Å². The molecule has 0 spiro atoms. The molecule has 1 aromatic rings. The molecular formula is C15H22N2O3. The lowest BCUT2D eigenvalue weighted by Gasteiger charge is -2.41. The molecule has 1 amide bonds. The monoisotopic (exact) mass is 278 g/mol. The lowest BCUT2D eigenvalue weighted by molar-refractivity contribution is 0.0179. The van der Waals surface area contributed by atoms with Crippen LogP contribution < -0.4 is 10.9 Å². The summed E-state index contributed by atoms with van der Waals surface area (Å²) in [5.74, 6) is -0.300. The van der Waals surface area contributed by atoms with Crippen LogP contribution in [0.15, 0.2) is 10.9 Å². The Bertz CT molecular complexity index is 559. The number of nitrogens with one attached hydrogen (secondary N) is 2. The van der Waals surface area contributed by atoms with Gasteiger partial charge in [0.25, 0.3) is 11.5 Å². The average Bonchev–Trinajstić information content (AvgIpc) is 2.31. The summed E-state index contributed by atoms with van der Waals surface area (Å²) in [6, 6.07) is 1.81. The molecule has 1 heterocycles. The van der Waals surface area contributed by atoms with Crippen LogP contribution in [-0.4, -0.2) is 31.2 Å². The number of ether oxygens (including phenoxy) is 1. The van der Waals surface area contributed by atoms with E-state index in [0.29, 0.717) is 18.7 Å². The summed E-state index contributed by atoms with van der Waals surface area (Å²) in [6.07, 6.45) is 3.29. The molecule has 2 rings (SSSR count). The zero-order valence-corrected chi connectivity index (χ0v) is 12.3. The molecule has 0 aliphatic heterocycles. The van der Waals surface area contributed by atoms with E-state index in [4.69, 9.17) is 4.74 Å². The van der Waals surface area contributed by atoms with Crippen LogP contribution in [0.3, 0.4) is 0 Å². The summed E-state index contributed by atoms with van der Waals surface area (Å²) >= 11 is 0. The van der Waals surface area contributed by atoms with Gasteiger partial charge in [0, 0.05) is 24.8 Å². The molecule has 1 saturated carbocycles. The summed E-state index contributed by atoms with van der Waals surface area (Å²) in [7, 11) is 1.68. The van der Waals surface area contributed by atoms with Crippen molar-refractivity contribution in [1.29, 1.82) is 0 Å². The summed E-state index contributed by atoms with van der Waals surface area (Å²) in [5, 5.41) is 2.89. The number of rotatable bonds is 5. The fraction of sp³-hybridized carbons (Fsp3) is 0.600. The van der Waals surface area contributed by atoms with Crippen molar-refractivity contribution in [3.8, 4) is 0 Å². The van der Waals surface area contributed by atoms with Gasteiger partial charge in [-0.2, -0.15) is 0 Å². The van der Waals surface area contributed by atoms with Crippen LogP contribution in [0.5, 0.6) is 0 Å². The number of carbonyl (C=O) groups is 1. The first-order valence-corrected chi connectivity index (χ1v) is 6.95. The molecular weight excluding hydrogens is 256 g/mol. The first-order chi connectivity index (χ1) is 9.47. The van der Waals surface area contributed by atoms with Crippen LogP contribution in [0, 0.1) is 19.3 Å². The number of carbonyl (C=O) groups excluding carboxylic acids is 1.